The van der Waals surface area contributed by atoms with Gasteiger partial charge in [0.05, 0.1) is 11.6 Å². The number of fused-ring (bicyclic) bond motifs is 1. The van der Waals surface area contributed by atoms with Gasteiger partial charge in [0.2, 0.25) is 11.1 Å². The Morgan fingerprint density at radius 2 is 1.95 bits per heavy atom. The van der Waals surface area contributed by atoms with Gasteiger partial charge in [0, 0.05) is 35.1 Å². The summed E-state index contributed by atoms with van der Waals surface area (Å²) < 4.78 is 13.9. The zero-order valence-corrected chi connectivity index (χ0v) is 26.1. The Hall–Kier alpha value is -3.02. The number of halogens is 2. The molecule has 40 heavy (non-hydrogen) atoms. The highest BCUT2D eigenvalue weighted by atomic mass is 79.9. The fourth-order valence-electron chi connectivity index (χ4n) is 4.55. The number of rotatable bonds is 11. The average molecular weight is 649 g/mol. The van der Waals surface area contributed by atoms with Crippen LogP contribution in [0.5, 0.6) is 11.5 Å². The molecule has 0 saturated heterocycles. The molecule has 4 rings (SSSR count). The van der Waals surface area contributed by atoms with Gasteiger partial charge in [0.1, 0.15) is 6.04 Å². The van der Waals surface area contributed by atoms with E-state index in [2.05, 4.69) is 26.2 Å². The Bertz CT molecular complexity index is 1460. The van der Waals surface area contributed by atoms with Crippen LogP contribution in [0.25, 0.3) is 0 Å². The summed E-state index contributed by atoms with van der Waals surface area (Å²) in [5, 5.41) is 9.23. The quantitative estimate of drug-likeness (QED) is 0.249. The molecule has 1 amide bonds. The van der Waals surface area contributed by atoms with E-state index in [-0.39, 0.29) is 18.3 Å². The van der Waals surface area contributed by atoms with Gasteiger partial charge in [0.25, 0.3) is 5.91 Å². The number of aromatic nitrogens is 3. The van der Waals surface area contributed by atoms with Crippen LogP contribution in [-0.4, -0.2) is 58.2 Å². The van der Waals surface area contributed by atoms with Gasteiger partial charge in [-0.15, -0.1) is 5.10 Å². The molecule has 1 aliphatic heterocycles. The van der Waals surface area contributed by atoms with Crippen LogP contribution in [0.15, 0.2) is 57.3 Å². The normalized spacial score (nSPS) is 14.4. The second kappa shape index (κ2) is 13.1. The van der Waals surface area contributed by atoms with Crippen molar-refractivity contribution < 1.29 is 19.1 Å². The molecule has 0 fully saturated rings. The van der Waals surface area contributed by atoms with E-state index in [0.717, 1.165) is 11.1 Å². The number of Topliss-reactive ketones (excluding diaryl/α,β-unsaturated/α-hetero) is 1. The number of nitrogens with one attached hydrogen (secondary N) is 1. The fourth-order valence-corrected chi connectivity index (χ4v) is 6.24. The molecule has 1 N–H and O–H groups in total. The van der Waals surface area contributed by atoms with E-state index in [9.17, 15) is 9.59 Å². The van der Waals surface area contributed by atoms with Crippen LogP contribution in [0, 0.1) is 0 Å². The summed E-state index contributed by atoms with van der Waals surface area (Å²) in [7, 11) is 1.53. The molecule has 0 spiro atoms. The minimum Gasteiger partial charge on any atom is -0.493 e. The first-order valence-electron chi connectivity index (χ1n) is 12.8. The summed E-state index contributed by atoms with van der Waals surface area (Å²) >= 11 is 11.4. The molecule has 12 heteroatoms. The maximum Gasteiger partial charge on any atom is 0.260 e. The van der Waals surface area contributed by atoms with Crippen molar-refractivity contribution in [2.24, 2.45) is 0 Å². The Labute approximate surface area is 251 Å². The van der Waals surface area contributed by atoms with E-state index in [4.69, 9.17) is 26.2 Å². The first-order valence-corrected chi connectivity index (χ1v) is 14.9. The highest BCUT2D eigenvalue weighted by Gasteiger charge is 2.34. The lowest BCUT2D eigenvalue weighted by Crippen LogP contribution is -2.34. The zero-order chi connectivity index (χ0) is 29.0. The summed E-state index contributed by atoms with van der Waals surface area (Å²) in [6.45, 7) is 8.31. The SMILES string of the molecule is CCN(CC)C(=O)COc1c(Br)cc(C2C(C(C)=O)=C(C)Nc3nc(SCc4ccccc4Cl)nn32)cc1OC. The number of carbonyl (C=O) groups excluding carboxylic acids is 2. The number of amides is 1. The number of nitrogens with zero attached hydrogens (tertiary/aromatic N) is 4. The standard InChI is InChI=1S/C28H31BrClN5O4S/c1-6-34(7-2)23(37)14-39-26-20(29)12-19(13-22(26)38-5)25-24(17(4)36)16(3)31-27-32-28(33-35(25)27)40-15-18-10-8-9-11-21(18)30/h8-13,25H,6-7,14-15H2,1-5H3,(H,31,32,33). The third-order valence-corrected chi connectivity index (χ3v) is 8.39. The highest BCUT2D eigenvalue weighted by molar-refractivity contribution is 9.10. The zero-order valence-electron chi connectivity index (χ0n) is 23.0. The Kier molecular flexibility index (Phi) is 9.81. The lowest BCUT2D eigenvalue weighted by Gasteiger charge is -2.28. The predicted octanol–water partition coefficient (Wildman–Crippen LogP) is 6.12. The second-order valence-electron chi connectivity index (χ2n) is 9.05. The maximum atomic E-state index is 12.9. The largest absolute Gasteiger partial charge is 0.493 e. The predicted molar refractivity (Wildman–Crippen MR) is 160 cm³/mol. The van der Waals surface area contributed by atoms with Crippen LogP contribution in [0.2, 0.25) is 5.02 Å². The first-order chi connectivity index (χ1) is 19.2. The van der Waals surface area contributed by atoms with Crippen LogP contribution in [0.4, 0.5) is 5.95 Å². The Morgan fingerprint density at radius 1 is 1.23 bits per heavy atom. The number of benzene rings is 2. The number of anilines is 1. The van der Waals surface area contributed by atoms with Crippen molar-refractivity contribution in [1.29, 1.82) is 0 Å². The summed E-state index contributed by atoms with van der Waals surface area (Å²) in [5.74, 6) is 1.73. The lowest BCUT2D eigenvalue weighted by atomic mass is 9.93. The number of ketones is 1. The molecule has 1 aromatic heterocycles. The second-order valence-corrected chi connectivity index (χ2v) is 11.3. The molecular formula is C28H31BrClN5O4S. The van der Waals surface area contributed by atoms with E-state index in [0.29, 0.717) is 62.2 Å². The van der Waals surface area contributed by atoms with E-state index in [1.54, 1.807) is 15.6 Å². The van der Waals surface area contributed by atoms with Crippen molar-refractivity contribution in [3.63, 3.8) is 0 Å². The monoisotopic (exact) mass is 647 g/mol. The number of likely N-dealkylation sites (N-methyl/N-ethyl adjacent to an activating group) is 1. The molecule has 0 radical (unpaired) electrons. The molecule has 0 aliphatic carbocycles. The van der Waals surface area contributed by atoms with E-state index >= 15 is 0 Å². The molecule has 0 bridgehead atoms. The van der Waals surface area contributed by atoms with Gasteiger partial charge in [-0.05, 0) is 73.0 Å². The molecule has 212 valence electrons. The van der Waals surface area contributed by atoms with E-state index in [1.807, 2.05) is 51.1 Å². The number of carbonyl (C=O) groups is 2. The molecule has 3 aromatic rings. The van der Waals surface area contributed by atoms with Crippen molar-refractivity contribution in [3.05, 3.63) is 68.3 Å². The van der Waals surface area contributed by atoms with Gasteiger partial charge >= 0.3 is 0 Å². The number of methoxy groups -OCH3 is 1. The topological polar surface area (TPSA) is 98.6 Å². The molecule has 0 saturated carbocycles. The maximum absolute atomic E-state index is 12.9. The number of allylic oxidation sites excluding steroid dienone is 2. The number of ether oxygens (including phenoxy) is 2. The smallest absolute Gasteiger partial charge is 0.260 e. The van der Waals surface area contributed by atoms with E-state index < -0.39 is 6.04 Å². The van der Waals surface area contributed by atoms with Crippen molar-refractivity contribution >= 4 is 56.9 Å². The average Bonchev–Trinajstić information content (AvgIpc) is 3.33. The van der Waals surface area contributed by atoms with Crippen LogP contribution < -0.4 is 14.8 Å². The number of hydrogen-bond acceptors (Lipinski definition) is 8. The summed E-state index contributed by atoms with van der Waals surface area (Å²) in [4.78, 5) is 31.8. The Balaban J connectivity index is 1.68. The summed E-state index contributed by atoms with van der Waals surface area (Å²) in [6, 6.07) is 10.7. The van der Waals surface area contributed by atoms with Gasteiger partial charge in [-0.1, -0.05) is 41.6 Å². The van der Waals surface area contributed by atoms with E-state index in [1.165, 1.54) is 25.8 Å². The van der Waals surface area contributed by atoms with Gasteiger partial charge in [-0.3, -0.25) is 9.59 Å². The first kappa shape index (κ1) is 30.0. The molecule has 9 nitrogen and oxygen atoms in total. The van der Waals surface area contributed by atoms with Crippen molar-refractivity contribution in [2.75, 3.05) is 32.1 Å². The molecule has 1 atom stereocenters. The van der Waals surface area contributed by atoms with Crippen molar-refractivity contribution in [2.45, 2.75) is 44.6 Å². The van der Waals surface area contributed by atoms with Crippen molar-refractivity contribution in [3.8, 4) is 11.5 Å². The van der Waals surface area contributed by atoms with Crippen LogP contribution in [0.1, 0.15) is 44.9 Å². The minimum atomic E-state index is -0.563. The van der Waals surface area contributed by atoms with Gasteiger partial charge in [0.15, 0.2) is 23.9 Å². The van der Waals surface area contributed by atoms with Crippen LogP contribution >= 0.6 is 39.3 Å². The fraction of sp³-hybridized carbons (Fsp3) is 0.357. The molecule has 2 aromatic carbocycles. The minimum absolute atomic E-state index is 0.0957. The third-order valence-electron chi connectivity index (χ3n) is 6.55. The van der Waals surface area contributed by atoms with Gasteiger partial charge in [-0.2, -0.15) is 4.98 Å². The summed E-state index contributed by atoms with van der Waals surface area (Å²) in [6.07, 6.45) is 0. The summed E-state index contributed by atoms with van der Waals surface area (Å²) in [5.41, 5.74) is 2.97. The highest BCUT2D eigenvalue weighted by Crippen LogP contribution is 2.43. The Morgan fingerprint density at radius 3 is 2.60 bits per heavy atom. The number of thioether (sulfide) groups is 1. The lowest BCUT2D eigenvalue weighted by molar-refractivity contribution is -0.133. The van der Waals surface area contributed by atoms with Crippen LogP contribution in [0.3, 0.4) is 0 Å². The van der Waals surface area contributed by atoms with Crippen molar-refractivity contribution in [1.82, 2.24) is 19.7 Å². The van der Waals surface area contributed by atoms with Crippen LogP contribution in [-0.2, 0) is 15.3 Å². The third kappa shape index (κ3) is 6.31. The molecule has 1 aliphatic rings. The molecule has 2 heterocycles. The molecular weight excluding hydrogens is 618 g/mol. The van der Waals surface area contributed by atoms with Gasteiger partial charge in [-0.25, -0.2) is 4.68 Å². The number of hydrogen-bond donors (Lipinski definition) is 1. The molecule has 1 unspecified atom stereocenters. The van der Waals surface area contributed by atoms with Gasteiger partial charge < -0.3 is 19.7 Å².